The van der Waals surface area contributed by atoms with E-state index in [0.717, 1.165) is 41.3 Å². The summed E-state index contributed by atoms with van der Waals surface area (Å²) in [6.45, 7) is 0.159. The molecule has 0 bridgehead atoms. The lowest BCUT2D eigenvalue weighted by molar-refractivity contribution is -0.139. The first kappa shape index (κ1) is 30.0. The van der Waals surface area contributed by atoms with E-state index in [0.29, 0.717) is 27.8 Å². The van der Waals surface area contributed by atoms with E-state index in [-0.39, 0.29) is 30.2 Å². The predicted octanol–water partition coefficient (Wildman–Crippen LogP) is 8.08. The van der Waals surface area contributed by atoms with Gasteiger partial charge in [-0.2, -0.15) is 0 Å². The SMILES string of the molecule is O=C(NC1CCCCC1)[C@H](Cc1ccccc1)N(Cc1c(Cl)cccc1Cl)C(=O)CSCc1ccc(Br)cc1. The van der Waals surface area contributed by atoms with Gasteiger partial charge in [-0.1, -0.05) is 107 Å². The summed E-state index contributed by atoms with van der Waals surface area (Å²) in [6, 6.07) is 22.7. The summed E-state index contributed by atoms with van der Waals surface area (Å²) in [5, 5.41) is 4.23. The average Bonchev–Trinajstić information content (AvgIpc) is 2.94. The van der Waals surface area contributed by atoms with Gasteiger partial charge in [0.25, 0.3) is 0 Å². The van der Waals surface area contributed by atoms with Crippen LogP contribution in [0.2, 0.25) is 10.0 Å². The fraction of sp³-hybridized carbons (Fsp3) is 0.355. The summed E-state index contributed by atoms with van der Waals surface area (Å²) < 4.78 is 1.02. The number of hydrogen-bond donors (Lipinski definition) is 1. The van der Waals surface area contributed by atoms with E-state index in [1.807, 2.05) is 54.6 Å². The fourth-order valence-corrected chi connectivity index (χ4v) is 6.52. The Balaban J connectivity index is 1.60. The van der Waals surface area contributed by atoms with Crippen molar-refractivity contribution >= 4 is 62.7 Å². The van der Waals surface area contributed by atoms with Crippen molar-refractivity contribution in [1.29, 1.82) is 0 Å². The second-order valence-corrected chi connectivity index (χ2v) is 12.6. The highest BCUT2D eigenvalue weighted by Crippen LogP contribution is 2.28. The van der Waals surface area contributed by atoms with Crippen molar-refractivity contribution in [3.8, 4) is 0 Å². The van der Waals surface area contributed by atoms with Crippen LogP contribution < -0.4 is 5.32 Å². The lowest BCUT2D eigenvalue weighted by atomic mass is 9.94. The highest BCUT2D eigenvalue weighted by molar-refractivity contribution is 9.10. The highest BCUT2D eigenvalue weighted by atomic mass is 79.9. The number of amides is 2. The zero-order chi connectivity index (χ0) is 27.6. The monoisotopic (exact) mass is 646 g/mol. The Kier molecular flexibility index (Phi) is 11.6. The molecular formula is C31H33BrCl2N2O2S. The molecule has 0 heterocycles. The van der Waals surface area contributed by atoms with Crippen molar-refractivity contribution < 1.29 is 9.59 Å². The van der Waals surface area contributed by atoms with Crippen LogP contribution in [0.1, 0.15) is 48.8 Å². The number of thioether (sulfide) groups is 1. The van der Waals surface area contributed by atoms with Crippen LogP contribution in [0.25, 0.3) is 0 Å². The molecule has 2 amide bonds. The van der Waals surface area contributed by atoms with Gasteiger partial charge in [0.15, 0.2) is 0 Å². The summed E-state index contributed by atoms with van der Waals surface area (Å²) in [5.74, 6) is 0.685. The molecule has 1 saturated carbocycles. The Morgan fingerprint density at radius 3 is 2.23 bits per heavy atom. The smallest absolute Gasteiger partial charge is 0.243 e. The summed E-state index contributed by atoms with van der Waals surface area (Å²) in [7, 11) is 0. The minimum atomic E-state index is -0.692. The molecule has 0 aromatic heterocycles. The maximum atomic E-state index is 13.9. The fourth-order valence-electron chi connectivity index (χ4n) is 4.87. The van der Waals surface area contributed by atoms with Crippen LogP contribution in [-0.2, 0) is 28.3 Å². The van der Waals surface area contributed by atoms with Crippen LogP contribution in [-0.4, -0.2) is 34.6 Å². The molecule has 0 aliphatic heterocycles. The number of carbonyl (C=O) groups is 2. The van der Waals surface area contributed by atoms with Crippen molar-refractivity contribution in [2.24, 2.45) is 0 Å². The average molecular weight is 648 g/mol. The Morgan fingerprint density at radius 1 is 0.897 bits per heavy atom. The minimum absolute atomic E-state index is 0.118. The van der Waals surface area contributed by atoms with E-state index in [2.05, 4.69) is 21.2 Å². The molecule has 4 nitrogen and oxygen atoms in total. The van der Waals surface area contributed by atoms with Crippen molar-refractivity contribution in [2.75, 3.05) is 5.75 Å². The third kappa shape index (κ3) is 9.01. The normalized spacial score (nSPS) is 14.5. The number of nitrogens with zero attached hydrogens (tertiary/aromatic N) is 1. The van der Waals surface area contributed by atoms with Gasteiger partial charge in [0, 0.05) is 44.8 Å². The van der Waals surface area contributed by atoms with Crippen molar-refractivity contribution in [3.05, 3.63) is 104 Å². The zero-order valence-corrected chi connectivity index (χ0v) is 25.7. The molecule has 39 heavy (non-hydrogen) atoms. The number of halogens is 3. The van der Waals surface area contributed by atoms with Crippen molar-refractivity contribution in [1.82, 2.24) is 10.2 Å². The molecule has 3 aromatic rings. The molecule has 1 atom stereocenters. The first-order chi connectivity index (χ1) is 18.9. The molecule has 0 unspecified atom stereocenters. The molecular weight excluding hydrogens is 615 g/mol. The number of rotatable bonds is 11. The Labute approximate surface area is 254 Å². The summed E-state index contributed by atoms with van der Waals surface area (Å²) in [5.41, 5.74) is 2.77. The summed E-state index contributed by atoms with van der Waals surface area (Å²) in [6.07, 6.45) is 5.77. The van der Waals surface area contributed by atoms with E-state index < -0.39 is 6.04 Å². The standard InChI is InChI=1S/C31H33BrCl2N2O2S/c32-24-16-14-23(15-17-24)20-39-21-30(37)36(19-26-27(33)12-7-13-28(26)34)29(18-22-8-3-1-4-9-22)31(38)35-25-10-5-2-6-11-25/h1,3-4,7-9,12-17,25,29H,2,5-6,10-11,18-21H2,(H,35,38)/t29-/m0/s1. The van der Waals surface area contributed by atoms with E-state index >= 15 is 0 Å². The molecule has 1 aliphatic rings. The van der Waals surface area contributed by atoms with E-state index in [1.54, 1.807) is 23.1 Å². The predicted molar refractivity (Wildman–Crippen MR) is 166 cm³/mol. The zero-order valence-electron chi connectivity index (χ0n) is 21.8. The molecule has 1 fully saturated rings. The number of nitrogens with one attached hydrogen (secondary N) is 1. The van der Waals surface area contributed by atoms with Gasteiger partial charge in [-0.15, -0.1) is 11.8 Å². The van der Waals surface area contributed by atoms with E-state index in [1.165, 1.54) is 18.2 Å². The molecule has 8 heteroatoms. The molecule has 0 radical (unpaired) electrons. The van der Waals surface area contributed by atoms with Gasteiger partial charge in [-0.05, 0) is 48.2 Å². The van der Waals surface area contributed by atoms with Gasteiger partial charge in [-0.25, -0.2) is 0 Å². The Bertz CT molecular complexity index is 1220. The van der Waals surface area contributed by atoms with Crippen LogP contribution in [0, 0.1) is 0 Å². The van der Waals surface area contributed by atoms with Gasteiger partial charge in [-0.3, -0.25) is 9.59 Å². The molecule has 3 aromatic carbocycles. The molecule has 1 aliphatic carbocycles. The molecule has 206 valence electrons. The van der Waals surface area contributed by atoms with Crippen LogP contribution in [0.4, 0.5) is 0 Å². The number of hydrogen-bond acceptors (Lipinski definition) is 3. The number of carbonyl (C=O) groups excluding carboxylic acids is 2. The van der Waals surface area contributed by atoms with Gasteiger partial charge in [0.2, 0.25) is 11.8 Å². The van der Waals surface area contributed by atoms with Crippen molar-refractivity contribution in [2.45, 2.75) is 62.9 Å². The largest absolute Gasteiger partial charge is 0.352 e. The molecule has 1 N–H and O–H groups in total. The lowest BCUT2D eigenvalue weighted by Crippen LogP contribution is -2.53. The highest BCUT2D eigenvalue weighted by Gasteiger charge is 2.32. The first-order valence-electron chi connectivity index (χ1n) is 13.3. The second kappa shape index (κ2) is 15.1. The topological polar surface area (TPSA) is 49.4 Å². The summed E-state index contributed by atoms with van der Waals surface area (Å²) >= 11 is 18.1. The van der Waals surface area contributed by atoms with Crippen molar-refractivity contribution in [3.63, 3.8) is 0 Å². The molecule has 4 rings (SSSR count). The van der Waals surface area contributed by atoms with Crippen LogP contribution >= 0.6 is 50.9 Å². The first-order valence-corrected chi connectivity index (χ1v) is 16.0. The van der Waals surface area contributed by atoms with Gasteiger partial charge in [0.05, 0.1) is 5.75 Å². The van der Waals surface area contributed by atoms with Crippen LogP contribution in [0.5, 0.6) is 0 Å². The second-order valence-electron chi connectivity index (χ2n) is 9.89. The minimum Gasteiger partial charge on any atom is -0.352 e. The maximum Gasteiger partial charge on any atom is 0.243 e. The third-order valence-electron chi connectivity index (χ3n) is 7.02. The molecule has 0 spiro atoms. The maximum absolute atomic E-state index is 13.9. The molecule has 0 saturated heterocycles. The van der Waals surface area contributed by atoms with E-state index in [4.69, 9.17) is 23.2 Å². The van der Waals surface area contributed by atoms with Gasteiger partial charge < -0.3 is 10.2 Å². The number of benzene rings is 3. The Hall–Kier alpha value is -1.99. The van der Waals surface area contributed by atoms with E-state index in [9.17, 15) is 9.59 Å². The quantitative estimate of drug-likeness (QED) is 0.229. The third-order valence-corrected chi connectivity index (χ3v) is 9.25. The van der Waals surface area contributed by atoms with Gasteiger partial charge >= 0.3 is 0 Å². The lowest BCUT2D eigenvalue weighted by Gasteiger charge is -2.34. The van der Waals surface area contributed by atoms with Crippen LogP contribution in [0.15, 0.2) is 77.3 Å². The van der Waals surface area contributed by atoms with Crippen LogP contribution in [0.3, 0.4) is 0 Å². The van der Waals surface area contributed by atoms with Gasteiger partial charge in [0.1, 0.15) is 6.04 Å². The summed E-state index contributed by atoms with van der Waals surface area (Å²) in [4.78, 5) is 29.4. The Morgan fingerprint density at radius 2 is 1.56 bits per heavy atom.